The number of aromatic nitrogens is 1. The van der Waals surface area contributed by atoms with Crippen molar-refractivity contribution < 1.29 is 29.0 Å². The fourth-order valence-electron chi connectivity index (χ4n) is 4.13. The highest BCUT2D eigenvalue weighted by Gasteiger charge is 2.34. The summed E-state index contributed by atoms with van der Waals surface area (Å²) in [7, 11) is 1.54. The SMILES string of the molecule is COc1cccc2[nH]c(C(=O)NC(CC(C)(C)C)C(=O)NC(C[C@@H]3CCNC3=O)C(=O)O)cc12. The second-order valence-electron chi connectivity index (χ2n) is 9.81. The third kappa shape index (κ3) is 6.06. The van der Waals surface area contributed by atoms with Crippen molar-refractivity contribution in [2.45, 2.75) is 52.1 Å². The average molecular weight is 473 g/mol. The van der Waals surface area contributed by atoms with Crippen LogP contribution in [-0.2, 0) is 14.4 Å². The van der Waals surface area contributed by atoms with E-state index in [4.69, 9.17) is 4.74 Å². The minimum atomic E-state index is -1.24. The number of amides is 3. The largest absolute Gasteiger partial charge is 0.496 e. The lowest BCUT2D eigenvalue weighted by atomic mass is 9.87. The maximum absolute atomic E-state index is 13.1. The van der Waals surface area contributed by atoms with Crippen LogP contribution in [0.4, 0.5) is 0 Å². The molecule has 1 aliphatic rings. The molecule has 0 aliphatic carbocycles. The highest BCUT2D eigenvalue weighted by Crippen LogP contribution is 2.26. The summed E-state index contributed by atoms with van der Waals surface area (Å²) in [5, 5.41) is 18.3. The second-order valence-corrected chi connectivity index (χ2v) is 9.81. The second kappa shape index (κ2) is 10.1. The van der Waals surface area contributed by atoms with Gasteiger partial charge in [0.25, 0.3) is 5.91 Å². The highest BCUT2D eigenvalue weighted by molar-refractivity contribution is 6.01. The third-order valence-corrected chi connectivity index (χ3v) is 5.82. The molecule has 0 radical (unpaired) electrons. The summed E-state index contributed by atoms with van der Waals surface area (Å²) in [4.78, 5) is 52.8. The fraction of sp³-hybridized carbons (Fsp3) is 0.500. The molecule has 3 amide bonds. The van der Waals surface area contributed by atoms with E-state index in [1.54, 1.807) is 25.3 Å². The molecule has 184 valence electrons. The number of aromatic amines is 1. The van der Waals surface area contributed by atoms with E-state index in [2.05, 4.69) is 20.9 Å². The lowest BCUT2D eigenvalue weighted by Crippen LogP contribution is -2.53. The van der Waals surface area contributed by atoms with E-state index in [9.17, 15) is 24.3 Å². The van der Waals surface area contributed by atoms with Gasteiger partial charge in [-0.2, -0.15) is 0 Å². The van der Waals surface area contributed by atoms with Crippen LogP contribution in [-0.4, -0.2) is 59.5 Å². The Hall–Kier alpha value is -3.56. The quantitative estimate of drug-likeness (QED) is 0.376. The Bertz CT molecular complexity index is 1090. The molecule has 5 N–H and O–H groups in total. The highest BCUT2D eigenvalue weighted by atomic mass is 16.5. The van der Waals surface area contributed by atoms with Gasteiger partial charge in [-0.15, -0.1) is 0 Å². The molecule has 1 fully saturated rings. The topological polar surface area (TPSA) is 150 Å². The maximum atomic E-state index is 13.1. The van der Waals surface area contributed by atoms with Crippen LogP contribution in [0.25, 0.3) is 10.9 Å². The molecule has 0 bridgehead atoms. The summed E-state index contributed by atoms with van der Waals surface area (Å²) in [6.45, 7) is 6.25. The van der Waals surface area contributed by atoms with Crippen molar-refractivity contribution in [3.8, 4) is 5.75 Å². The van der Waals surface area contributed by atoms with Crippen LogP contribution >= 0.6 is 0 Å². The number of fused-ring (bicyclic) bond motifs is 1. The van der Waals surface area contributed by atoms with Crippen molar-refractivity contribution in [1.82, 2.24) is 20.9 Å². The zero-order valence-electron chi connectivity index (χ0n) is 19.9. The predicted octanol–water partition coefficient (Wildman–Crippen LogP) is 1.81. The molecule has 0 spiro atoms. The van der Waals surface area contributed by atoms with Gasteiger partial charge >= 0.3 is 5.97 Å². The van der Waals surface area contributed by atoms with E-state index in [1.807, 2.05) is 26.8 Å². The van der Waals surface area contributed by atoms with E-state index in [-0.39, 0.29) is 29.9 Å². The summed E-state index contributed by atoms with van der Waals surface area (Å²) in [5.74, 6) is -2.41. The molecule has 0 saturated carbocycles. The first-order valence-corrected chi connectivity index (χ1v) is 11.3. The summed E-state index contributed by atoms with van der Waals surface area (Å²) in [5.41, 5.74) is 0.633. The number of carbonyl (C=O) groups is 4. The Morgan fingerprint density at radius 3 is 2.53 bits per heavy atom. The van der Waals surface area contributed by atoms with Gasteiger partial charge < -0.3 is 30.8 Å². The van der Waals surface area contributed by atoms with Crippen LogP contribution in [0.5, 0.6) is 5.75 Å². The minimum Gasteiger partial charge on any atom is -0.496 e. The number of benzene rings is 1. The lowest BCUT2D eigenvalue weighted by molar-refractivity contribution is -0.143. The van der Waals surface area contributed by atoms with Gasteiger partial charge in [0.15, 0.2) is 0 Å². The number of H-pyrrole nitrogens is 1. The maximum Gasteiger partial charge on any atom is 0.326 e. The van der Waals surface area contributed by atoms with Crippen molar-refractivity contribution in [1.29, 1.82) is 0 Å². The summed E-state index contributed by atoms with van der Waals surface area (Å²) >= 11 is 0. The number of carbonyl (C=O) groups excluding carboxylic acids is 3. The van der Waals surface area contributed by atoms with Crippen LogP contribution in [0, 0.1) is 11.3 Å². The molecule has 34 heavy (non-hydrogen) atoms. The zero-order chi connectivity index (χ0) is 25.0. The summed E-state index contributed by atoms with van der Waals surface area (Å²) in [6, 6.07) is 4.83. The van der Waals surface area contributed by atoms with Crippen LogP contribution < -0.4 is 20.7 Å². The molecule has 1 aromatic carbocycles. The van der Waals surface area contributed by atoms with Crippen molar-refractivity contribution >= 4 is 34.6 Å². The number of hydrogen-bond acceptors (Lipinski definition) is 5. The molecule has 2 heterocycles. The molecule has 10 nitrogen and oxygen atoms in total. The standard InChI is InChI=1S/C24H32N4O6/c1-24(2,3)12-18(22(31)27-17(23(32)33)10-13-8-9-25-20(13)29)28-21(30)16-11-14-15(26-16)6-5-7-19(14)34-4/h5-7,11,13,17-18,26H,8-10,12H2,1-4H3,(H,25,29)(H,27,31)(H,28,30)(H,32,33)/t13-,17?,18?/m0/s1. The first-order chi connectivity index (χ1) is 16.0. The van der Waals surface area contributed by atoms with Gasteiger partial charge in [-0.05, 0) is 42.9 Å². The zero-order valence-corrected chi connectivity index (χ0v) is 19.9. The Labute approximate surface area is 197 Å². The molecule has 10 heteroatoms. The number of aliphatic carboxylic acids is 1. The predicted molar refractivity (Wildman–Crippen MR) is 125 cm³/mol. The van der Waals surface area contributed by atoms with Crippen LogP contribution in [0.15, 0.2) is 24.3 Å². The van der Waals surface area contributed by atoms with Gasteiger partial charge in [0, 0.05) is 23.4 Å². The molecule has 1 saturated heterocycles. The molecule has 2 unspecified atom stereocenters. The Balaban J connectivity index is 1.77. The van der Waals surface area contributed by atoms with Crippen LogP contribution in [0.3, 0.4) is 0 Å². The van der Waals surface area contributed by atoms with Crippen molar-refractivity contribution in [3.05, 3.63) is 30.0 Å². The number of methoxy groups -OCH3 is 1. The molecule has 3 atom stereocenters. The Morgan fingerprint density at radius 1 is 1.21 bits per heavy atom. The Kier molecular flexibility index (Phi) is 7.48. The van der Waals surface area contributed by atoms with Gasteiger partial charge in [-0.1, -0.05) is 26.8 Å². The number of hydrogen-bond donors (Lipinski definition) is 5. The van der Waals surface area contributed by atoms with Crippen LogP contribution in [0.1, 0.15) is 50.5 Å². The molecule has 3 rings (SSSR count). The molecular formula is C24H32N4O6. The average Bonchev–Trinajstić information content (AvgIpc) is 3.37. The number of nitrogens with one attached hydrogen (secondary N) is 4. The van der Waals surface area contributed by atoms with Crippen molar-refractivity contribution in [2.24, 2.45) is 11.3 Å². The van der Waals surface area contributed by atoms with E-state index in [0.717, 1.165) is 5.39 Å². The van der Waals surface area contributed by atoms with Gasteiger partial charge in [-0.25, -0.2) is 4.79 Å². The van der Waals surface area contributed by atoms with Gasteiger partial charge in [0.05, 0.1) is 7.11 Å². The minimum absolute atomic E-state index is 0.00902. The van der Waals surface area contributed by atoms with Crippen molar-refractivity contribution in [2.75, 3.05) is 13.7 Å². The fourth-order valence-corrected chi connectivity index (χ4v) is 4.13. The van der Waals surface area contributed by atoms with Gasteiger partial charge in [0.1, 0.15) is 23.5 Å². The molecular weight excluding hydrogens is 440 g/mol. The van der Waals surface area contributed by atoms with Crippen LogP contribution in [0.2, 0.25) is 0 Å². The normalized spacial score (nSPS) is 17.6. The third-order valence-electron chi connectivity index (χ3n) is 5.82. The van der Waals surface area contributed by atoms with Gasteiger partial charge in [0.2, 0.25) is 11.8 Å². The summed E-state index contributed by atoms with van der Waals surface area (Å²) in [6.07, 6.45) is 0.791. The van der Waals surface area contributed by atoms with E-state index >= 15 is 0 Å². The summed E-state index contributed by atoms with van der Waals surface area (Å²) < 4.78 is 5.33. The van der Waals surface area contributed by atoms with E-state index in [0.29, 0.717) is 24.2 Å². The van der Waals surface area contributed by atoms with E-state index in [1.165, 1.54) is 0 Å². The number of ether oxygens (including phenoxy) is 1. The number of rotatable bonds is 9. The molecule has 2 aromatic rings. The molecule has 1 aromatic heterocycles. The number of carboxylic acids is 1. The first-order valence-electron chi connectivity index (χ1n) is 11.3. The van der Waals surface area contributed by atoms with E-state index < -0.39 is 35.8 Å². The molecule has 1 aliphatic heterocycles. The smallest absolute Gasteiger partial charge is 0.326 e. The lowest BCUT2D eigenvalue weighted by Gasteiger charge is -2.27. The Morgan fingerprint density at radius 2 is 1.94 bits per heavy atom. The first kappa shape index (κ1) is 25.1. The van der Waals surface area contributed by atoms with Gasteiger partial charge in [-0.3, -0.25) is 14.4 Å². The monoisotopic (exact) mass is 472 g/mol. The number of carboxylic acid groups (broad SMARTS) is 1. The van der Waals surface area contributed by atoms with Crippen molar-refractivity contribution in [3.63, 3.8) is 0 Å².